The third-order valence-electron chi connectivity index (χ3n) is 14.5. The molecule has 2 saturated heterocycles. The number of methoxy groups -OCH3 is 1. The summed E-state index contributed by atoms with van der Waals surface area (Å²) >= 11 is 1.43. The van der Waals surface area contributed by atoms with E-state index in [0.717, 1.165) is 57.5 Å². The Labute approximate surface area is 398 Å². The predicted octanol–water partition coefficient (Wildman–Crippen LogP) is 5.67. The highest BCUT2D eigenvalue weighted by Gasteiger charge is 2.55. The van der Waals surface area contributed by atoms with Gasteiger partial charge in [0.15, 0.2) is 0 Å². The van der Waals surface area contributed by atoms with Crippen LogP contribution in [0.15, 0.2) is 41.9 Å². The van der Waals surface area contributed by atoms with Crippen LogP contribution in [0.5, 0.6) is 0 Å². The number of urea groups is 1. The number of nitrogens with one attached hydrogen (secondary N) is 2. The molecular weight excluding hydrogens is 871 g/mol. The minimum atomic E-state index is -1.05. The Morgan fingerprint density at radius 2 is 1.90 bits per heavy atom. The van der Waals surface area contributed by atoms with Crippen molar-refractivity contribution in [3.8, 4) is 22.5 Å². The number of hydrogen-bond donors (Lipinski definition) is 3. The number of likely N-dealkylation sites (N-methyl/N-ethyl adjacent to an activating group) is 2. The van der Waals surface area contributed by atoms with Crippen molar-refractivity contribution in [2.75, 3.05) is 60.6 Å². The fourth-order valence-electron chi connectivity index (χ4n) is 10.8. The fraction of sp³-hybridized carbons (Fsp3) is 0.600. The number of cyclic esters (lactones) is 1. The van der Waals surface area contributed by atoms with Crippen LogP contribution in [0.4, 0.5) is 4.79 Å². The number of amides is 4. The second kappa shape index (κ2) is 19.6. The zero-order valence-electron chi connectivity index (χ0n) is 40.6. The fourth-order valence-corrected chi connectivity index (χ4v) is 11.7. The number of rotatable bonds is 11. The topological polar surface area (TPSA) is 175 Å². The first-order chi connectivity index (χ1) is 32.0. The number of aromatic nitrogens is 3. The van der Waals surface area contributed by atoms with Crippen LogP contribution in [0.2, 0.25) is 0 Å². The minimum Gasteiger partial charge on any atom is -0.464 e. The van der Waals surface area contributed by atoms with Gasteiger partial charge in [0.1, 0.15) is 18.1 Å². The van der Waals surface area contributed by atoms with Crippen molar-refractivity contribution in [2.24, 2.45) is 16.7 Å². The number of nitrogens with zero attached hydrogens (tertiary/aromatic N) is 7. The molecule has 4 atom stereocenters. The molecule has 4 aromatic rings. The molecule has 6 bridgehead atoms. The van der Waals surface area contributed by atoms with Crippen LogP contribution in [-0.2, 0) is 43.2 Å². The zero-order chi connectivity index (χ0) is 47.9. The monoisotopic (exact) mass is 940 g/mol. The largest absolute Gasteiger partial charge is 0.464 e. The van der Waals surface area contributed by atoms with E-state index in [-0.39, 0.29) is 43.1 Å². The van der Waals surface area contributed by atoms with Crippen molar-refractivity contribution < 1.29 is 33.8 Å². The van der Waals surface area contributed by atoms with Crippen LogP contribution >= 0.6 is 11.3 Å². The second-order valence-corrected chi connectivity index (χ2v) is 21.4. The van der Waals surface area contributed by atoms with Gasteiger partial charge in [0.25, 0.3) is 5.91 Å². The van der Waals surface area contributed by atoms with Crippen molar-refractivity contribution in [1.82, 2.24) is 45.0 Å². The van der Waals surface area contributed by atoms with Gasteiger partial charge in [0.05, 0.1) is 41.4 Å². The van der Waals surface area contributed by atoms with Gasteiger partial charge < -0.3 is 39.2 Å². The Kier molecular flexibility index (Phi) is 14.2. The van der Waals surface area contributed by atoms with Gasteiger partial charge in [-0.15, -0.1) is 11.3 Å². The van der Waals surface area contributed by atoms with Crippen LogP contribution in [0, 0.1) is 16.7 Å². The molecule has 3 aromatic heterocycles. The number of hydrogen-bond acceptors (Lipinski definition) is 12. The summed E-state index contributed by atoms with van der Waals surface area (Å²) in [4.78, 5) is 72.4. The molecule has 4 amide bonds. The zero-order valence-corrected chi connectivity index (χ0v) is 41.4. The quantitative estimate of drug-likeness (QED) is 0.158. The molecule has 6 heterocycles. The van der Waals surface area contributed by atoms with Crippen LogP contribution < -0.4 is 10.7 Å². The smallest absolute Gasteiger partial charge is 0.324 e. The maximum Gasteiger partial charge on any atom is 0.324 e. The molecule has 3 aliphatic heterocycles. The number of carbonyl (C=O) groups excluding carboxylic acids is 4. The number of aryl methyl sites for hydroxylation is 1. The summed E-state index contributed by atoms with van der Waals surface area (Å²) in [6, 6.07) is 7.95. The van der Waals surface area contributed by atoms with E-state index in [1.54, 1.807) is 25.3 Å². The number of pyridine rings is 1. The molecule has 67 heavy (non-hydrogen) atoms. The summed E-state index contributed by atoms with van der Waals surface area (Å²) in [6.07, 6.45) is 5.21. The Morgan fingerprint density at radius 3 is 2.60 bits per heavy atom. The molecule has 0 radical (unpaired) electrons. The van der Waals surface area contributed by atoms with Gasteiger partial charge in [0, 0.05) is 104 Å². The number of carbonyl (C=O) groups is 4. The third kappa shape index (κ3) is 9.72. The van der Waals surface area contributed by atoms with Crippen LogP contribution in [-0.4, -0.2) is 148 Å². The molecule has 1 saturated carbocycles. The van der Waals surface area contributed by atoms with E-state index < -0.39 is 41.3 Å². The highest BCUT2D eigenvalue weighted by Crippen LogP contribution is 2.50. The highest BCUT2D eigenvalue weighted by molar-refractivity contribution is 7.10. The lowest BCUT2D eigenvalue weighted by atomic mass is 9.60. The van der Waals surface area contributed by atoms with Gasteiger partial charge in [-0.2, -0.15) is 0 Å². The molecule has 1 aliphatic carbocycles. The summed E-state index contributed by atoms with van der Waals surface area (Å²) in [5, 5.41) is 17.6. The minimum absolute atomic E-state index is 0.0773. The molecule has 4 aliphatic rings. The SMILES string of the molecule is CCn1c(-c2cccnc2[C@H](C)OC)c2c3cc(ccc31)-c1csc(n1)C[C@H](NC(=O)C(C(C)C)N(C)C(=O)N1CC3(CC(N(C)CCO)C3)C1)C(=O)N1CCC[C@H](N1)C(=O)OCC(C)(C)C2. The average molecular weight is 940 g/mol. The van der Waals surface area contributed by atoms with Gasteiger partial charge in [-0.25, -0.2) is 15.2 Å². The van der Waals surface area contributed by atoms with Crippen molar-refractivity contribution in [2.45, 2.75) is 117 Å². The predicted molar refractivity (Wildman–Crippen MR) is 258 cm³/mol. The van der Waals surface area contributed by atoms with E-state index in [1.165, 1.54) is 21.2 Å². The number of hydrazine groups is 1. The summed E-state index contributed by atoms with van der Waals surface area (Å²) in [5.74, 6) is -1.54. The molecule has 3 N–H and O–H groups in total. The van der Waals surface area contributed by atoms with Crippen molar-refractivity contribution >= 4 is 46.1 Å². The second-order valence-electron chi connectivity index (χ2n) is 20.5. The molecule has 17 heteroatoms. The summed E-state index contributed by atoms with van der Waals surface area (Å²) in [7, 11) is 5.37. The molecule has 1 aromatic carbocycles. The third-order valence-corrected chi connectivity index (χ3v) is 15.4. The lowest BCUT2D eigenvalue weighted by Gasteiger charge is -2.61. The molecule has 16 nitrogen and oxygen atoms in total. The van der Waals surface area contributed by atoms with Crippen molar-refractivity contribution in [1.29, 1.82) is 0 Å². The van der Waals surface area contributed by atoms with Gasteiger partial charge in [-0.3, -0.25) is 24.4 Å². The van der Waals surface area contributed by atoms with E-state index in [1.807, 2.05) is 39.3 Å². The van der Waals surface area contributed by atoms with E-state index in [4.69, 9.17) is 19.4 Å². The number of fused-ring (bicyclic) bond motifs is 6. The Hall–Kier alpha value is -4.94. The molecule has 3 fully saturated rings. The summed E-state index contributed by atoms with van der Waals surface area (Å²) < 4.78 is 14.3. The van der Waals surface area contributed by atoms with E-state index >= 15 is 0 Å². The Bertz CT molecular complexity index is 2470. The number of likely N-dealkylation sites (tertiary alicyclic amines) is 1. The molecular formula is C50H69N9O7S. The molecule has 1 spiro atoms. The number of esters is 1. The lowest BCUT2D eigenvalue weighted by molar-refractivity contribution is -0.155. The maximum atomic E-state index is 14.7. The molecule has 8 rings (SSSR count). The Morgan fingerprint density at radius 1 is 1.13 bits per heavy atom. The normalized spacial score (nSPS) is 21.7. The molecule has 362 valence electrons. The maximum absolute atomic E-state index is 14.7. The van der Waals surface area contributed by atoms with Gasteiger partial charge >= 0.3 is 12.0 Å². The van der Waals surface area contributed by atoms with Crippen LogP contribution in [0.1, 0.15) is 89.6 Å². The first-order valence-corrected chi connectivity index (χ1v) is 24.8. The number of ether oxygens (including phenoxy) is 2. The molecule has 1 unspecified atom stereocenters. The van der Waals surface area contributed by atoms with E-state index in [2.05, 4.69) is 65.2 Å². The van der Waals surface area contributed by atoms with Crippen LogP contribution in [0.3, 0.4) is 0 Å². The van der Waals surface area contributed by atoms with Crippen LogP contribution in [0.25, 0.3) is 33.4 Å². The van der Waals surface area contributed by atoms with Crippen molar-refractivity contribution in [3.05, 3.63) is 58.2 Å². The number of aliphatic hydroxyl groups is 1. The van der Waals surface area contributed by atoms with Crippen molar-refractivity contribution in [3.63, 3.8) is 0 Å². The summed E-state index contributed by atoms with van der Waals surface area (Å²) in [5.41, 5.74) is 9.44. The first-order valence-electron chi connectivity index (χ1n) is 23.9. The Balaban J connectivity index is 1.11. The van der Waals surface area contributed by atoms with E-state index in [9.17, 15) is 24.3 Å². The number of aliphatic hydroxyl groups excluding tert-OH is 1. The number of benzene rings is 1. The summed E-state index contributed by atoms with van der Waals surface area (Å²) in [6.45, 7) is 15.3. The standard InChI is InChI=1S/C50H69N9O7S/c1-10-58-40-16-15-32-21-35(40)36(44(58)34-13-11-17-51-42(34)31(4)65-9)25-49(5,6)29-66-47(63)37-14-12-18-59(54-37)46(62)38(22-41-52-39(32)26-67-41)53-45(61)43(30(2)3)56(8)48(64)57-27-50(28-57)23-33(24-50)55(7)19-20-60/h11,13,15-17,21,26,30-31,33,37-38,43,54,60H,10,12,14,18-20,22-25,27-29H2,1-9H3,(H,53,61)/t31-,37-,38-,43?/m0/s1. The van der Waals surface area contributed by atoms with E-state index in [0.29, 0.717) is 63.0 Å². The van der Waals surface area contributed by atoms with Gasteiger partial charge in [-0.05, 0) is 88.7 Å². The van der Waals surface area contributed by atoms with Gasteiger partial charge in [-0.1, -0.05) is 33.8 Å². The number of thiazole rings is 1. The van der Waals surface area contributed by atoms with Gasteiger partial charge in [0.2, 0.25) is 5.91 Å². The lowest BCUT2D eigenvalue weighted by Crippen LogP contribution is -2.69. The highest BCUT2D eigenvalue weighted by atomic mass is 32.1. The average Bonchev–Trinajstić information content (AvgIpc) is 3.87. The first kappa shape index (κ1) is 48.5.